The topological polar surface area (TPSA) is 77.1 Å². The van der Waals surface area contributed by atoms with Crippen LogP contribution in [0.2, 0.25) is 0 Å². The van der Waals surface area contributed by atoms with E-state index in [0.717, 1.165) is 65.8 Å². The lowest BCUT2D eigenvalue weighted by molar-refractivity contribution is 0.112. The third kappa shape index (κ3) is 4.10. The molecule has 0 aliphatic carbocycles. The number of guanidine groups is 1. The van der Waals surface area contributed by atoms with Gasteiger partial charge in [-0.25, -0.2) is 15.0 Å². The van der Waals surface area contributed by atoms with Gasteiger partial charge in [-0.05, 0) is 32.8 Å². The molecule has 1 aromatic heterocycles. The van der Waals surface area contributed by atoms with Gasteiger partial charge in [0.05, 0.1) is 18.6 Å². The van der Waals surface area contributed by atoms with E-state index in [1.807, 2.05) is 39.1 Å². The highest BCUT2D eigenvalue weighted by atomic mass is 15.5. The van der Waals surface area contributed by atoms with E-state index in [-0.39, 0.29) is 18.2 Å². The summed E-state index contributed by atoms with van der Waals surface area (Å²) in [6.45, 7) is 15.7. The van der Waals surface area contributed by atoms with Gasteiger partial charge in [0.15, 0.2) is 12.1 Å². The minimum atomic E-state index is -0.114. The number of nitrogens with two attached hydrogens (primary N) is 1. The molecule has 8 nitrogen and oxygen atoms in total. The van der Waals surface area contributed by atoms with Crippen molar-refractivity contribution in [3.63, 3.8) is 0 Å². The first-order valence-electron chi connectivity index (χ1n) is 12.2. The Hall–Kier alpha value is -3.57. The molecule has 35 heavy (non-hydrogen) atoms. The zero-order chi connectivity index (χ0) is 24.7. The second kappa shape index (κ2) is 9.23. The highest BCUT2D eigenvalue weighted by Gasteiger charge is 2.48. The first-order valence-corrected chi connectivity index (χ1v) is 12.2. The van der Waals surface area contributed by atoms with Crippen LogP contribution in [-0.2, 0) is 6.54 Å². The molecule has 0 bridgehead atoms. The van der Waals surface area contributed by atoms with E-state index in [9.17, 15) is 0 Å². The summed E-state index contributed by atoms with van der Waals surface area (Å²) in [7, 11) is 2.05. The summed E-state index contributed by atoms with van der Waals surface area (Å²) >= 11 is 0. The number of aryl methyl sites for hydroxylation is 1. The third-order valence-electron chi connectivity index (χ3n) is 7.23. The number of likely N-dealkylation sites (tertiary alicyclic amines) is 1. The van der Waals surface area contributed by atoms with E-state index >= 15 is 0 Å². The summed E-state index contributed by atoms with van der Waals surface area (Å²) in [5.41, 5.74) is 9.17. The van der Waals surface area contributed by atoms with Crippen LogP contribution in [0.1, 0.15) is 31.3 Å². The number of aliphatic imine (C=N–C) groups is 1. The van der Waals surface area contributed by atoms with Gasteiger partial charge in [-0.2, -0.15) is 0 Å². The molecular weight excluding hydrogens is 436 g/mol. The fourth-order valence-corrected chi connectivity index (χ4v) is 5.36. The van der Waals surface area contributed by atoms with Gasteiger partial charge in [-0.1, -0.05) is 37.3 Å². The van der Waals surface area contributed by atoms with Crippen molar-refractivity contribution in [2.45, 2.75) is 51.5 Å². The number of hydrogen-bond donors (Lipinski definition) is 1. The molecule has 3 aliphatic heterocycles. The van der Waals surface area contributed by atoms with Crippen LogP contribution < -0.4 is 5.73 Å². The number of likely N-dealkylation sites (N-methyl/N-ethyl adjacent to an activating group) is 1. The molecular formula is C27H34N8. The van der Waals surface area contributed by atoms with Crippen molar-refractivity contribution in [1.29, 1.82) is 0 Å². The predicted octanol–water partition coefficient (Wildman–Crippen LogP) is 2.48. The van der Waals surface area contributed by atoms with Crippen LogP contribution in [0, 0.1) is 18.8 Å². The Kier molecular flexibility index (Phi) is 6.12. The normalized spacial score (nSPS) is 24.5. The maximum absolute atomic E-state index is 6.31. The molecule has 3 atom stereocenters. The fraction of sp³-hybridized carbons (Fsp3) is 0.444. The second-order valence-corrected chi connectivity index (χ2v) is 9.54. The van der Waals surface area contributed by atoms with Gasteiger partial charge >= 0.3 is 0 Å². The Bertz CT molecular complexity index is 1250. The van der Waals surface area contributed by atoms with Crippen LogP contribution in [0.25, 0.3) is 10.9 Å². The van der Waals surface area contributed by atoms with Crippen molar-refractivity contribution >= 4 is 16.9 Å². The van der Waals surface area contributed by atoms with Crippen LogP contribution in [0.3, 0.4) is 0 Å². The average Bonchev–Trinajstić information content (AvgIpc) is 3.24. The Morgan fingerprint density at radius 2 is 2.00 bits per heavy atom. The first kappa shape index (κ1) is 23.2. The summed E-state index contributed by atoms with van der Waals surface area (Å²) in [6, 6.07) is 8.22. The van der Waals surface area contributed by atoms with Gasteiger partial charge < -0.3 is 25.3 Å². The van der Waals surface area contributed by atoms with E-state index in [1.165, 1.54) is 0 Å². The first-order chi connectivity index (χ1) is 16.9. The van der Waals surface area contributed by atoms with Crippen LogP contribution >= 0.6 is 0 Å². The second-order valence-electron chi connectivity index (χ2n) is 9.54. The smallest absolute Gasteiger partial charge is 0.200 e. The fourth-order valence-electron chi connectivity index (χ4n) is 5.36. The lowest BCUT2D eigenvalue weighted by atomic mass is 10.0. The van der Waals surface area contributed by atoms with Crippen LogP contribution in [0.5, 0.6) is 0 Å². The van der Waals surface area contributed by atoms with Crippen molar-refractivity contribution in [2.75, 3.05) is 26.7 Å². The number of piperidine rings is 1. The van der Waals surface area contributed by atoms with Crippen LogP contribution in [0.15, 0.2) is 53.9 Å². The SMILES string of the molecule is C=C1C2C(N=C(N3CCCC(N)C3)N2CC#CC)N(C)C(=C)N1Cc1nc(C)c2ccccc2n1. The van der Waals surface area contributed by atoms with Crippen molar-refractivity contribution in [3.05, 3.63) is 60.5 Å². The minimum Gasteiger partial charge on any atom is -0.341 e. The van der Waals surface area contributed by atoms with Crippen LogP contribution in [0.4, 0.5) is 0 Å². The van der Waals surface area contributed by atoms with Gasteiger partial charge in [-0.3, -0.25) is 0 Å². The van der Waals surface area contributed by atoms with E-state index in [1.54, 1.807) is 0 Å². The summed E-state index contributed by atoms with van der Waals surface area (Å²) in [4.78, 5) is 23.7. The predicted molar refractivity (Wildman–Crippen MR) is 140 cm³/mol. The van der Waals surface area contributed by atoms with Crippen LogP contribution in [-0.4, -0.2) is 80.5 Å². The highest BCUT2D eigenvalue weighted by Crippen LogP contribution is 2.37. The molecule has 2 N–H and O–H groups in total. The molecule has 182 valence electrons. The molecule has 2 saturated heterocycles. The Balaban J connectivity index is 1.46. The Morgan fingerprint density at radius 1 is 1.20 bits per heavy atom. The van der Waals surface area contributed by atoms with Crippen molar-refractivity contribution in [2.24, 2.45) is 10.7 Å². The molecule has 1 aromatic carbocycles. The quantitative estimate of drug-likeness (QED) is 0.691. The zero-order valence-electron chi connectivity index (χ0n) is 20.9. The highest BCUT2D eigenvalue weighted by molar-refractivity contribution is 5.84. The van der Waals surface area contributed by atoms with E-state index in [2.05, 4.69) is 50.7 Å². The zero-order valence-corrected chi connectivity index (χ0v) is 20.9. The van der Waals surface area contributed by atoms with Gasteiger partial charge in [0.1, 0.15) is 17.7 Å². The van der Waals surface area contributed by atoms with E-state index in [4.69, 9.17) is 20.7 Å². The molecule has 2 fully saturated rings. The molecule has 3 unspecified atom stereocenters. The average molecular weight is 471 g/mol. The summed E-state index contributed by atoms with van der Waals surface area (Å²) in [5.74, 6) is 8.85. The molecule has 0 amide bonds. The van der Waals surface area contributed by atoms with E-state index < -0.39 is 0 Å². The summed E-state index contributed by atoms with van der Waals surface area (Å²) < 4.78 is 0. The maximum Gasteiger partial charge on any atom is 0.200 e. The molecule has 2 aromatic rings. The Morgan fingerprint density at radius 3 is 2.77 bits per heavy atom. The minimum absolute atomic E-state index is 0.0546. The number of para-hydroxylation sites is 1. The van der Waals surface area contributed by atoms with Gasteiger partial charge in [-0.15, -0.1) is 5.92 Å². The molecule has 8 heteroatoms. The number of fused-ring (bicyclic) bond motifs is 2. The third-order valence-corrected chi connectivity index (χ3v) is 7.23. The molecule has 4 heterocycles. The standard InChI is InChI=1S/C27H34N8/c1-6-7-15-34-25-19(3)35(17-24-29-18(2)22-12-8-9-13-23(22)30-24)20(4)32(5)26(25)31-27(34)33-14-10-11-21(28)16-33/h8-9,12-13,21,25-26H,3-4,10-11,14-17,28H2,1-2,5H3. The monoisotopic (exact) mass is 470 g/mol. The Labute approximate surface area is 207 Å². The van der Waals surface area contributed by atoms with Gasteiger partial charge in [0.25, 0.3) is 0 Å². The van der Waals surface area contributed by atoms with Crippen molar-refractivity contribution in [1.82, 2.24) is 29.6 Å². The number of nitrogens with zero attached hydrogens (tertiary/aromatic N) is 7. The van der Waals surface area contributed by atoms with Crippen molar-refractivity contribution in [3.8, 4) is 11.8 Å². The van der Waals surface area contributed by atoms with Gasteiger partial charge in [0.2, 0.25) is 0 Å². The lowest BCUT2D eigenvalue weighted by Crippen LogP contribution is -2.58. The molecule has 0 radical (unpaired) electrons. The molecule has 0 spiro atoms. The van der Waals surface area contributed by atoms with E-state index in [0.29, 0.717) is 13.1 Å². The molecule has 5 rings (SSSR count). The maximum atomic E-state index is 6.31. The molecule has 3 aliphatic rings. The summed E-state index contributed by atoms with van der Waals surface area (Å²) in [6.07, 6.45) is 2.00. The number of benzene rings is 1. The largest absolute Gasteiger partial charge is 0.341 e. The number of rotatable bonds is 3. The van der Waals surface area contributed by atoms with Gasteiger partial charge in [0, 0.05) is 43.0 Å². The van der Waals surface area contributed by atoms with Crippen molar-refractivity contribution < 1.29 is 0 Å². The molecule has 0 saturated carbocycles. The number of hydrogen-bond acceptors (Lipinski definition) is 8. The summed E-state index contributed by atoms with van der Waals surface area (Å²) in [5, 5.41) is 1.07. The lowest BCUT2D eigenvalue weighted by Gasteiger charge is -2.47. The number of aromatic nitrogens is 2.